The van der Waals surface area contributed by atoms with Gasteiger partial charge in [0.25, 0.3) is 0 Å². The van der Waals surface area contributed by atoms with Crippen molar-refractivity contribution in [1.29, 1.82) is 0 Å². The first-order chi connectivity index (χ1) is 6.27. The van der Waals surface area contributed by atoms with Gasteiger partial charge in [0.05, 0.1) is 0 Å². The van der Waals surface area contributed by atoms with Crippen LogP contribution in [0, 0.1) is 0 Å². The molecule has 0 spiro atoms. The molecule has 4 heteroatoms. The number of rotatable bonds is 4. The van der Waals surface area contributed by atoms with Gasteiger partial charge in [-0.25, -0.2) is 0 Å². The molecule has 1 atom stereocenters. The van der Waals surface area contributed by atoms with Gasteiger partial charge in [0.2, 0.25) is 0 Å². The molecular formula is C9H15N3S. The lowest BCUT2D eigenvalue weighted by atomic mass is 10.3. The lowest BCUT2D eigenvalue weighted by Crippen LogP contribution is -2.03. The first kappa shape index (κ1) is 10.5. The van der Waals surface area contributed by atoms with E-state index in [2.05, 4.69) is 24.0 Å². The van der Waals surface area contributed by atoms with Crippen molar-refractivity contribution in [3.8, 4) is 0 Å². The fourth-order valence-electron chi connectivity index (χ4n) is 0.873. The van der Waals surface area contributed by atoms with Crippen molar-refractivity contribution in [2.45, 2.75) is 37.1 Å². The average molecular weight is 197 g/mol. The highest BCUT2D eigenvalue weighted by atomic mass is 32.2. The van der Waals surface area contributed by atoms with Crippen LogP contribution in [0.25, 0.3) is 0 Å². The molecule has 3 nitrogen and oxygen atoms in total. The molecule has 1 unspecified atom stereocenters. The number of hydrogen-bond donors (Lipinski definition) is 1. The van der Waals surface area contributed by atoms with E-state index in [0.717, 1.165) is 17.0 Å². The van der Waals surface area contributed by atoms with Crippen molar-refractivity contribution >= 4 is 11.8 Å². The molecule has 0 saturated carbocycles. The Labute approximate surface area is 83.1 Å². The van der Waals surface area contributed by atoms with Gasteiger partial charge in [0.15, 0.2) is 0 Å². The molecular weight excluding hydrogens is 182 g/mol. The second-order valence-electron chi connectivity index (χ2n) is 2.90. The number of aromatic nitrogens is 2. The highest BCUT2D eigenvalue weighted by Gasteiger charge is 2.07. The van der Waals surface area contributed by atoms with Gasteiger partial charge in [0, 0.05) is 23.6 Å². The van der Waals surface area contributed by atoms with Gasteiger partial charge < -0.3 is 5.73 Å². The summed E-state index contributed by atoms with van der Waals surface area (Å²) in [7, 11) is 0. The highest BCUT2D eigenvalue weighted by molar-refractivity contribution is 7.99. The SMILES string of the molecule is CCC(C)Sc1nnccc1CN. The van der Waals surface area contributed by atoms with Crippen LogP contribution >= 0.6 is 11.8 Å². The van der Waals surface area contributed by atoms with E-state index in [1.807, 2.05) is 6.07 Å². The zero-order valence-corrected chi connectivity index (χ0v) is 8.84. The smallest absolute Gasteiger partial charge is 0.124 e. The van der Waals surface area contributed by atoms with E-state index in [1.165, 1.54) is 0 Å². The van der Waals surface area contributed by atoms with Crippen LogP contribution in [0.2, 0.25) is 0 Å². The number of nitrogens with zero attached hydrogens (tertiary/aromatic N) is 2. The molecule has 0 aliphatic carbocycles. The maximum absolute atomic E-state index is 5.59. The molecule has 1 rings (SSSR count). The quantitative estimate of drug-likeness (QED) is 0.748. The van der Waals surface area contributed by atoms with E-state index in [-0.39, 0.29) is 0 Å². The number of hydrogen-bond acceptors (Lipinski definition) is 4. The minimum atomic E-state index is 0.536. The Morgan fingerprint density at radius 1 is 1.62 bits per heavy atom. The molecule has 13 heavy (non-hydrogen) atoms. The van der Waals surface area contributed by atoms with Crippen LogP contribution in [0.5, 0.6) is 0 Å². The fraction of sp³-hybridized carbons (Fsp3) is 0.556. The van der Waals surface area contributed by atoms with Gasteiger partial charge in [-0.2, -0.15) is 5.10 Å². The Bertz CT molecular complexity index is 265. The summed E-state index contributed by atoms with van der Waals surface area (Å²) in [5.41, 5.74) is 6.67. The van der Waals surface area contributed by atoms with E-state index in [4.69, 9.17) is 5.73 Å². The third kappa shape index (κ3) is 2.97. The minimum Gasteiger partial charge on any atom is -0.326 e. The average Bonchev–Trinajstić information content (AvgIpc) is 2.18. The summed E-state index contributed by atoms with van der Waals surface area (Å²) in [6.07, 6.45) is 2.81. The second-order valence-corrected chi connectivity index (χ2v) is 4.33. The summed E-state index contributed by atoms with van der Waals surface area (Å²) in [4.78, 5) is 0. The molecule has 1 heterocycles. The van der Waals surface area contributed by atoms with Crippen molar-refractivity contribution in [3.63, 3.8) is 0 Å². The topological polar surface area (TPSA) is 51.8 Å². The first-order valence-corrected chi connectivity index (χ1v) is 5.33. The molecule has 1 aromatic rings. The van der Waals surface area contributed by atoms with Crippen LogP contribution < -0.4 is 5.73 Å². The summed E-state index contributed by atoms with van der Waals surface area (Å²) >= 11 is 1.74. The van der Waals surface area contributed by atoms with Gasteiger partial charge in [0.1, 0.15) is 5.03 Å². The molecule has 0 aromatic carbocycles. The third-order valence-corrected chi connectivity index (χ3v) is 3.18. The lowest BCUT2D eigenvalue weighted by molar-refractivity contribution is 0.848. The van der Waals surface area contributed by atoms with Gasteiger partial charge in [-0.1, -0.05) is 13.8 Å². The van der Waals surface area contributed by atoms with Crippen molar-refractivity contribution in [2.75, 3.05) is 0 Å². The lowest BCUT2D eigenvalue weighted by Gasteiger charge is -2.09. The Kier molecular flexibility index (Phi) is 4.18. The van der Waals surface area contributed by atoms with Crippen LogP contribution in [0.4, 0.5) is 0 Å². The summed E-state index contributed by atoms with van der Waals surface area (Å²) in [5.74, 6) is 0. The Hall–Kier alpha value is -0.610. The van der Waals surface area contributed by atoms with Gasteiger partial charge in [-0.05, 0) is 12.5 Å². The number of nitrogens with two attached hydrogens (primary N) is 1. The Balaban J connectivity index is 2.74. The van der Waals surface area contributed by atoms with Crippen molar-refractivity contribution in [2.24, 2.45) is 5.73 Å². The molecule has 2 N–H and O–H groups in total. The maximum atomic E-state index is 5.59. The summed E-state index contributed by atoms with van der Waals surface area (Å²) < 4.78 is 0. The van der Waals surface area contributed by atoms with E-state index in [9.17, 15) is 0 Å². The largest absolute Gasteiger partial charge is 0.326 e. The van der Waals surface area contributed by atoms with Crippen LogP contribution in [0.3, 0.4) is 0 Å². The van der Waals surface area contributed by atoms with Crippen LogP contribution in [0.1, 0.15) is 25.8 Å². The zero-order valence-electron chi connectivity index (χ0n) is 8.03. The normalized spacial score (nSPS) is 12.8. The summed E-state index contributed by atoms with van der Waals surface area (Å²) in [6.45, 7) is 4.88. The van der Waals surface area contributed by atoms with E-state index < -0.39 is 0 Å². The van der Waals surface area contributed by atoms with Gasteiger partial charge in [-0.3, -0.25) is 0 Å². The van der Waals surface area contributed by atoms with Crippen molar-refractivity contribution in [1.82, 2.24) is 10.2 Å². The molecule has 1 aromatic heterocycles. The second kappa shape index (κ2) is 5.19. The van der Waals surface area contributed by atoms with Crippen LogP contribution in [-0.2, 0) is 6.54 Å². The molecule has 0 saturated heterocycles. The number of thioether (sulfide) groups is 1. The predicted octanol–water partition coefficient (Wildman–Crippen LogP) is 1.83. The first-order valence-electron chi connectivity index (χ1n) is 4.45. The summed E-state index contributed by atoms with van der Waals surface area (Å²) in [6, 6.07) is 1.93. The molecule has 0 aliphatic rings. The van der Waals surface area contributed by atoms with E-state index in [1.54, 1.807) is 18.0 Å². The zero-order chi connectivity index (χ0) is 9.68. The molecule has 0 amide bonds. The Morgan fingerprint density at radius 3 is 3.00 bits per heavy atom. The van der Waals surface area contributed by atoms with Crippen molar-refractivity contribution < 1.29 is 0 Å². The van der Waals surface area contributed by atoms with Crippen LogP contribution in [0.15, 0.2) is 17.3 Å². The molecule has 0 radical (unpaired) electrons. The molecule has 0 bridgehead atoms. The molecule has 0 fully saturated rings. The maximum Gasteiger partial charge on any atom is 0.124 e. The fourth-order valence-corrected chi connectivity index (χ4v) is 1.82. The van der Waals surface area contributed by atoms with E-state index in [0.29, 0.717) is 11.8 Å². The third-order valence-electron chi connectivity index (χ3n) is 1.87. The van der Waals surface area contributed by atoms with Crippen LogP contribution in [-0.4, -0.2) is 15.4 Å². The van der Waals surface area contributed by atoms with E-state index >= 15 is 0 Å². The minimum absolute atomic E-state index is 0.536. The monoisotopic (exact) mass is 197 g/mol. The van der Waals surface area contributed by atoms with Gasteiger partial charge >= 0.3 is 0 Å². The highest BCUT2D eigenvalue weighted by Crippen LogP contribution is 2.25. The van der Waals surface area contributed by atoms with Gasteiger partial charge in [-0.15, -0.1) is 16.9 Å². The molecule has 0 aliphatic heterocycles. The standard InChI is InChI=1S/C9H15N3S/c1-3-7(2)13-9-8(6-10)4-5-11-12-9/h4-5,7H,3,6,10H2,1-2H3. The Morgan fingerprint density at radius 2 is 2.38 bits per heavy atom. The molecule has 72 valence electrons. The summed E-state index contributed by atoms with van der Waals surface area (Å²) in [5, 5.41) is 9.47. The van der Waals surface area contributed by atoms with Crippen molar-refractivity contribution in [3.05, 3.63) is 17.8 Å². The predicted molar refractivity (Wildman–Crippen MR) is 55.5 cm³/mol.